The fraction of sp³-hybridized carbons (Fsp3) is 0.194. The number of piperidine rings is 1. The Labute approximate surface area is 262 Å². The van der Waals surface area contributed by atoms with E-state index in [1.165, 1.54) is 10.4 Å². The number of pyridine rings is 1. The zero-order chi connectivity index (χ0) is 31.4. The molecule has 0 radical (unpaired) electrons. The highest BCUT2D eigenvalue weighted by atomic mass is 32.2. The second-order valence-corrected chi connectivity index (χ2v) is 13.0. The number of esters is 1. The van der Waals surface area contributed by atoms with E-state index in [0.29, 0.717) is 46.5 Å². The van der Waals surface area contributed by atoms with Crippen molar-refractivity contribution in [3.63, 3.8) is 0 Å². The van der Waals surface area contributed by atoms with E-state index >= 15 is 0 Å². The number of nitrogens with zero attached hydrogens (tertiary/aromatic N) is 2. The van der Waals surface area contributed by atoms with Crippen LogP contribution in [0.4, 0.5) is 5.69 Å². The number of carbonyl (C=O) groups is 2. The van der Waals surface area contributed by atoms with Crippen molar-refractivity contribution in [2.24, 2.45) is 0 Å². The summed E-state index contributed by atoms with van der Waals surface area (Å²) in [5, 5.41) is 3.28. The van der Waals surface area contributed by atoms with E-state index in [0.717, 1.165) is 36.0 Å². The van der Waals surface area contributed by atoms with Gasteiger partial charge in [-0.1, -0.05) is 85.3 Å². The van der Waals surface area contributed by atoms with Crippen LogP contribution in [-0.2, 0) is 19.6 Å². The fourth-order valence-electron chi connectivity index (χ4n) is 5.56. The second kappa shape index (κ2) is 13.0. The van der Waals surface area contributed by atoms with E-state index in [1.54, 1.807) is 31.2 Å². The van der Waals surface area contributed by atoms with Crippen LogP contribution in [0.1, 0.15) is 35.2 Å². The van der Waals surface area contributed by atoms with E-state index in [4.69, 9.17) is 9.72 Å². The van der Waals surface area contributed by atoms with Crippen LogP contribution in [0.3, 0.4) is 0 Å². The van der Waals surface area contributed by atoms with Crippen LogP contribution in [0.5, 0.6) is 0 Å². The van der Waals surface area contributed by atoms with Gasteiger partial charge in [0.25, 0.3) is 5.91 Å². The summed E-state index contributed by atoms with van der Waals surface area (Å²) in [5.41, 5.74) is 5.43. The first-order valence-electron chi connectivity index (χ1n) is 14.9. The number of carbonyl (C=O) groups excluding carboxylic acids is 2. The molecule has 0 unspecified atom stereocenters. The maximum Gasteiger partial charge on any atom is 0.339 e. The zero-order valence-corrected chi connectivity index (χ0v) is 25.7. The zero-order valence-electron chi connectivity index (χ0n) is 24.9. The maximum atomic E-state index is 13.3. The standard InChI is InChI=1S/C36H33N3O5S/c1-25-14-19-29(22-34(25)45(42,43)39-20-8-3-9-21-39)37-35(40)24-44-36(41)31-23-33(38-32-13-7-6-12-30(31)32)28-17-15-27(16-18-28)26-10-4-2-5-11-26/h2,4-7,10-19,22-23H,3,8-9,20-21,24H2,1H3,(H,37,40). The topological polar surface area (TPSA) is 106 Å². The Balaban J connectivity index is 1.18. The highest BCUT2D eigenvalue weighted by molar-refractivity contribution is 7.89. The molecule has 1 fully saturated rings. The van der Waals surface area contributed by atoms with Crippen LogP contribution in [0.25, 0.3) is 33.3 Å². The van der Waals surface area contributed by atoms with Gasteiger partial charge >= 0.3 is 5.97 Å². The molecular formula is C36H33N3O5S. The van der Waals surface area contributed by atoms with Crippen LogP contribution >= 0.6 is 0 Å². The van der Waals surface area contributed by atoms with Crippen molar-refractivity contribution in [2.45, 2.75) is 31.1 Å². The summed E-state index contributed by atoms with van der Waals surface area (Å²) in [6.45, 7) is 2.16. The predicted octanol–water partition coefficient (Wildman–Crippen LogP) is 6.85. The molecule has 0 atom stereocenters. The molecule has 1 amide bonds. The van der Waals surface area contributed by atoms with Crippen LogP contribution in [0, 0.1) is 6.92 Å². The van der Waals surface area contributed by atoms with Crippen molar-refractivity contribution in [3.05, 3.63) is 114 Å². The molecular weight excluding hydrogens is 586 g/mol. The van der Waals surface area contributed by atoms with E-state index in [2.05, 4.69) is 5.32 Å². The molecule has 45 heavy (non-hydrogen) atoms. The van der Waals surface area contributed by atoms with E-state index in [1.807, 2.05) is 72.8 Å². The molecule has 8 nitrogen and oxygen atoms in total. The van der Waals surface area contributed by atoms with Crippen molar-refractivity contribution in [2.75, 3.05) is 25.0 Å². The minimum Gasteiger partial charge on any atom is -0.452 e. The average molecular weight is 620 g/mol. The Morgan fingerprint density at radius 1 is 0.800 bits per heavy atom. The molecule has 0 bridgehead atoms. The molecule has 2 heterocycles. The number of ether oxygens (including phenoxy) is 1. The third-order valence-electron chi connectivity index (χ3n) is 7.96. The first kappa shape index (κ1) is 30.2. The van der Waals surface area contributed by atoms with Gasteiger partial charge in [-0.15, -0.1) is 0 Å². The molecule has 1 aliphatic rings. The third-order valence-corrected chi connectivity index (χ3v) is 10.0. The maximum absolute atomic E-state index is 13.3. The van der Waals surface area contributed by atoms with Crippen LogP contribution < -0.4 is 5.32 Å². The van der Waals surface area contributed by atoms with E-state index in [9.17, 15) is 18.0 Å². The van der Waals surface area contributed by atoms with Gasteiger partial charge in [-0.05, 0) is 60.7 Å². The second-order valence-electron chi connectivity index (χ2n) is 11.1. The number of sulfonamides is 1. The van der Waals surface area contributed by atoms with Crippen molar-refractivity contribution in [1.29, 1.82) is 0 Å². The van der Waals surface area contributed by atoms with Gasteiger partial charge in [0.15, 0.2) is 6.61 Å². The lowest BCUT2D eigenvalue weighted by molar-refractivity contribution is -0.119. The van der Waals surface area contributed by atoms with Gasteiger partial charge in [0.05, 0.1) is 21.7 Å². The summed E-state index contributed by atoms with van der Waals surface area (Å²) in [4.78, 5) is 31.1. The van der Waals surface area contributed by atoms with E-state index in [-0.39, 0.29) is 4.90 Å². The SMILES string of the molecule is Cc1ccc(NC(=O)COC(=O)c2cc(-c3ccc(-c4ccccc4)cc3)nc3ccccc23)cc1S(=O)(=O)N1CCCCC1. The number of para-hydroxylation sites is 1. The quantitative estimate of drug-likeness (QED) is 0.191. The monoisotopic (exact) mass is 619 g/mol. The number of rotatable bonds is 8. The van der Waals surface area contributed by atoms with E-state index < -0.39 is 28.5 Å². The smallest absolute Gasteiger partial charge is 0.339 e. The highest BCUT2D eigenvalue weighted by Gasteiger charge is 2.28. The number of benzene rings is 4. The summed E-state index contributed by atoms with van der Waals surface area (Å²) >= 11 is 0. The van der Waals surface area contributed by atoms with Crippen LogP contribution in [0.2, 0.25) is 0 Å². The molecule has 0 saturated carbocycles. The number of anilines is 1. The number of amides is 1. The molecule has 4 aromatic carbocycles. The Hall–Kier alpha value is -4.86. The average Bonchev–Trinajstić information content (AvgIpc) is 3.08. The minimum absolute atomic E-state index is 0.159. The fourth-order valence-corrected chi connectivity index (χ4v) is 7.33. The first-order valence-corrected chi connectivity index (χ1v) is 16.4. The van der Waals surface area contributed by atoms with Gasteiger partial charge in [-0.2, -0.15) is 4.31 Å². The predicted molar refractivity (Wildman–Crippen MR) is 175 cm³/mol. The largest absolute Gasteiger partial charge is 0.452 e. The molecule has 1 N–H and O–H groups in total. The van der Waals surface area contributed by atoms with Crippen LogP contribution in [0.15, 0.2) is 108 Å². The molecule has 1 saturated heterocycles. The molecule has 1 aromatic heterocycles. The molecule has 5 aromatic rings. The summed E-state index contributed by atoms with van der Waals surface area (Å²) in [6.07, 6.45) is 2.67. The number of nitrogens with one attached hydrogen (secondary N) is 1. The number of hydrogen-bond acceptors (Lipinski definition) is 6. The normalized spacial score (nSPS) is 13.8. The van der Waals surface area contributed by atoms with Gasteiger partial charge in [-0.25, -0.2) is 18.2 Å². The van der Waals surface area contributed by atoms with Crippen molar-refractivity contribution in [1.82, 2.24) is 9.29 Å². The Kier molecular flexibility index (Phi) is 8.73. The molecule has 0 spiro atoms. The molecule has 9 heteroatoms. The summed E-state index contributed by atoms with van der Waals surface area (Å²) in [5.74, 6) is -1.24. The summed E-state index contributed by atoms with van der Waals surface area (Å²) in [6, 6.07) is 31.7. The van der Waals surface area contributed by atoms with Crippen molar-refractivity contribution in [3.8, 4) is 22.4 Å². The Morgan fingerprint density at radius 2 is 1.47 bits per heavy atom. The number of aromatic nitrogens is 1. The number of fused-ring (bicyclic) bond motifs is 1. The van der Waals surface area contributed by atoms with Crippen molar-refractivity contribution >= 4 is 38.5 Å². The van der Waals surface area contributed by atoms with Gasteiger partial charge < -0.3 is 10.1 Å². The van der Waals surface area contributed by atoms with Gasteiger partial charge in [0, 0.05) is 29.7 Å². The van der Waals surface area contributed by atoms with Crippen molar-refractivity contribution < 1.29 is 22.7 Å². The lowest BCUT2D eigenvalue weighted by Crippen LogP contribution is -2.36. The Morgan fingerprint density at radius 3 is 2.22 bits per heavy atom. The summed E-state index contributed by atoms with van der Waals surface area (Å²) in [7, 11) is -3.69. The van der Waals surface area contributed by atoms with Gasteiger partial charge in [0.1, 0.15) is 0 Å². The van der Waals surface area contributed by atoms with Gasteiger partial charge in [-0.3, -0.25) is 4.79 Å². The number of hydrogen-bond donors (Lipinski definition) is 1. The highest BCUT2D eigenvalue weighted by Crippen LogP contribution is 2.29. The summed E-state index contributed by atoms with van der Waals surface area (Å²) < 4.78 is 33.5. The molecule has 0 aliphatic carbocycles. The first-order chi connectivity index (χ1) is 21.8. The van der Waals surface area contributed by atoms with Gasteiger partial charge in [0.2, 0.25) is 10.0 Å². The third kappa shape index (κ3) is 6.64. The Bertz CT molecular complexity index is 1970. The lowest BCUT2D eigenvalue weighted by atomic mass is 10.0. The lowest BCUT2D eigenvalue weighted by Gasteiger charge is -2.26. The molecule has 1 aliphatic heterocycles. The molecule has 6 rings (SSSR count). The minimum atomic E-state index is -3.69. The van der Waals surface area contributed by atoms with Crippen LogP contribution in [-0.4, -0.2) is 49.3 Å². The molecule has 228 valence electrons. The number of aryl methyl sites for hydroxylation is 1.